The standard InChI is InChI=1S/C15H14O3S/c1-11-5-3-6-12(9-11)15(16)13-7-4-8-14(10-13)19(2,17)18/h3-10H,1-2H3. The lowest BCUT2D eigenvalue weighted by Gasteiger charge is -2.04. The molecule has 2 aromatic carbocycles. The molecule has 0 bridgehead atoms. The van der Waals surface area contributed by atoms with Gasteiger partial charge in [0.2, 0.25) is 0 Å². The first-order valence-electron chi connectivity index (χ1n) is 5.79. The molecule has 0 unspecified atom stereocenters. The molecule has 0 N–H and O–H groups in total. The van der Waals surface area contributed by atoms with Gasteiger partial charge in [-0.3, -0.25) is 4.79 Å². The molecule has 0 spiro atoms. The maximum absolute atomic E-state index is 12.3. The Labute approximate surface area is 112 Å². The second kappa shape index (κ2) is 4.97. The molecule has 0 aliphatic heterocycles. The summed E-state index contributed by atoms with van der Waals surface area (Å²) in [5, 5.41) is 0. The van der Waals surface area contributed by atoms with Crippen molar-refractivity contribution < 1.29 is 13.2 Å². The second-order valence-electron chi connectivity index (χ2n) is 4.50. The summed E-state index contributed by atoms with van der Waals surface area (Å²) in [4.78, 5) is 12.4. The van der Waals surface area contributed by atoms with Gasteiger partial charge in [-0.2, -0.15) is 0 Å². The van der Waals surface area contributed by atoms with Gasteiger partial charge >= 0.3 is 0 Å². The summed E-state index contributed by atoms with van der Waals surface area (Å²) in [5.74, 6) is -0.172. The molecule has 98 valence electrons. The number of hydrogen-bond acceptors (Lipinski definition) is 3. The first-order chi connectivity index (χ1) is 8.88. The van der Waals surface area contributed by atoms with Crippen LogP contribution in [0.15, 0.2) is 53.4 Å². The molecule has 0 heterocycles. The Balaban J connectivity index is 2.46. The van der Waals surface area contributed by atoms with E-state index in [2.05, 4.69) is 0 Å². The summed E-state index contributed by atoms with van der Waals surface area (Å²) in [6.45, 7) is 1.91. The molecule has 4 heteroatoms. The molecule has 2 aromatic rings. The van der Waals surface area contributed by atoms with Crippen LogP contribution in [0.3, 0.4) is 0 Å². The van der Waals surface area contributed by atoms with Crippen molar-refractivity contribution in [1.29, 1.82) is 0 Å². The smallest absolute Gasteiger partial charge is 0.193 e. The first kappa shape index (κ1) is 13.5. The van der Waals surface area contributed by atoms with E-state index in [1.807, 2.05) is 19.1 Å². The molecule has 0 saturated heterocycles. The molecule has 0 atom stereocenters. The van der Waals surface area contributed by atoms with E-state index in [0.29, 0.717) is 11.1 Å². The van der Waals surface area contributed by atoms with Crippen molar-refractivity contribution in [3.05, 3.63) is 65.2 Å². The highest BCUT2D eigenvalue weighted by Gasteiger charge is 2.13. The van der Waals surface area contributed by atoms with Crippen LogP contribution in [0.5, 0.6) is 0 Å². The zero-order valence-electron chi connectivity index (χ0n) is 10.8. The Morgan fingerprint density at radius 1 is 0.947 bits per heavy atom. The van der Waals surface area contributed by atoms with Gasteiger partial charge in [0.05, 0.1) is 4.90 Å². The van der Waals surface area contributed by atoms with Crippen LogP contribution in [0.4, 0.5) is 0 Å². The summed E-state index contributed by atoms with van der Waals surface area (Å²) in [6.07, 6.45) is 1.13. The van der Waals surface area contributed by atoms with E-state index in [4.69, 9.17) is 0 Å². The lowest BCUT2D eigenvalue weighted by Crippen LogP contribution is -2.04. The molecule has 0 aliphatic carbocycles. The van der Waals surface area contributed by atoms with Crippen molar-refractivity contribution in [2.24, 2.45) is 0 Å². The number of carbonyl (C=O) groups excluding carboxylic acids is 1. The predicted octanol–water partition coefficient (Wildman–Crippen LogP) is 2.63. The van der Waals surface area contributed by atoms with Gasteiger partial charge in [-0.25, -0.2) is 8.42 Å². The van der Waals surface area contributed by atoms with E-state index in [1.165, 1.54) is 12.1 Å². The number of ketones is 1. The third-order valence-corrected chi connectivity index (χ3v) is 3.91. The van der Waals surface area contributed by atoms with E-state index in [9.17, 15) is 13.2 Å². The Kier molecular flexibility index (Phi) is 3.53. The fourth-order valence-corrected chi connectivity index (χ4v) is 2.49. The third-order valence-electron chi connectivity index (χ3n) is 2.80. The van der Waals surface area contributed by atoms with Gasteiger partial charge in [0.1, 0.15) is 0 Å². The van der Waals surface area contributed by atoms with Crippen LogP contribution < -0.4 is 0 Å². The fourth-order valence-electron chi connectivity index (χ4n) is 1.82. The maximum atomic E-state index is 12.3. The average Bonchev–Trinajstić information content (AvgIpc) is 2.37. The minimum Gasteiger partial charge on any atom is -0.289 e. The largest absolute Gasteiger partial charge is 0.289 e. The van der Waals surface area contributed by atoms with Gasteiger partial charge in [0.25, 0.3) is 0 Å². The highest BCUT2D eigenvalue weighted by molar-refractivity contribution is 7.90. The van der Waals surface area contributed by atoms with Gasteiger partial charge in [-0.05, 0) is 25.1 Å². The monoisotopic (exact) mass is 274 g/mol. The van der Waals surface area contributed by atoms with Gasteiger partial charge in [0, 0.05) is 17.4 Å². The quantitative estimate of drug-likeness (QED) is 0.808. The molecule has 19 heavy (non-hydrogen) atoms. The summed E-state index contributed by atoms with van der Waals surface area (Å²) in [5.41, 5.74) is 1.93. The average molecular weight is 274 g/mol. The van der Waals surface area contributed by atoms with E-state index in [1.54, 1.807) is 24.3 Å². The van der Waals surface area contributed by atoms with E-state index < -0.39 is 9.84 Å². The summed E-state index contributed by atoms with van der Waals surface area (Å²) >= 11 is 0. The SMILES string of the molecule is Cc1cccc(C(=O)c2cccc(S(C)(=O)=O)c2)c1. The Hall–Kier alpha value is -1.94. The van der Waals surface area contributed by atoms with Gasteiger partial charge < -0.3 is 0 Å². The van der Waals surface area contributed by atoms with Crippen molar-refractivity contribution in [1.82, 2.24) is 0 Å². The third kappa shape index (κ3) is 3.09. The molecule has 2 rings (SSSR count). The van der Waals surface area contributed by atoms with Crippen LogP contribution in [0.25, 0.3) is 0 Å². The lowest BCUT2D eigenvalue weighted by molar-refractivity contribution is 0.103. The van der Waals surface area contributed by atoms with Crippen molar-refractivity contribution >= 4 is 15.6 Å². The minimum absolute atomic E-state index is 0.158. The molecule has 3 nitrogen and oxygen atoms in total. The molecule has 0 aliphatic rings. The zero-order chi connectivity index (χ0) is 14.0. The molecule has 0 amide bonds. The minimum atomic E-state index is -3.30. The van der Waals surface area contributed by atoms with E-state index in [-0.39, 0.29) is 10.7 Å². The van der Waals surface area contributed by atoms with E-state index in [0.717, 1.165) is 11.8 Å². The number of rotatable bonds is 3. The number of aryl methyl sites for hydroxylation is 1. The number of benzene rings is 2. The van der Waals surface area contributed by atoms with Crippen LogP contribution in [-0.2, 0) is 9.84 Å². The Morgan fingerprint density at radius 3 is 2.11 bits per heavy atom. The van der Waals surface area contributed by atoms with Crippen molar-refractivity contribution in [2.75, 3.05) is 6.26 Å². The van der Waals surface area contributed by atoms with Crippen molar-refractivity contribution in [2.45, 2.75) is 11.8 Å². The summed E-state index contributed by atoms with van der Waals surface area (Å²) < 4.78 is 23.0. The highest BCUT2D eigenvalue weighted by Crippen LogP contribution is 2.16. The van der Waals surface area contributed by atoms with Gasteiger partial charge in [-0.15, -0.1) is 0 Å². The molecule has 0 fully saturated rings. The van der Waals surface area contributed by atoms with Gasteiger partial charge in [-0.1, -0.05) is 35.9 Å². The van der Waals surface area contributed by atoms with Crippen molar-refractivity contribution in [3.8, 4) is 0 Å². The number of hydrogen-bond donors (Lipinski definition) is 0. The summed E-state index contributed by atoms with van der Waals surface area (Å²) in [7, 11) is -3.30. The van der Waals surface area contributed by atoms with Crippen LogP contribution >= 0.6 is 0 Å². The number of carbonyl (C=O) groups is 1. The molecular weight excluding hydrogens is 260 g/mol. The van der Waals surface area contributed by atoms with Crippen LogP contribution in [0, 0.1) is 6.92 Å². The molecule has 0 saturated carbocycles. The van der Waals surface area contributed by atoms with Crippen LogP contribution in [0.1, 0.15) is 21.5 Å². The lowest BCUT2D eigenvalue weighted by atomic mass is 10.0. The van der Waals surface area contributed by atoms with Crippen LogP contribution in [0.2, 0.25) is 0 Å². The zero-order valence-corrected chi connectivity index (χ0v) is 11.6. The molecular formula is C15H14O3S. The predicted molar refractivity (Wildman–Crippen MR) is 74.2 cm³/mol. The first-order valence-corrected chi connectivity index (χ1v) is 7.68. The normalized spacial score (nSPS) is 11.3. The fraction of sp³-hybridized carbons (Fsp3) is 0.133. The van der Waals surface area contributed by atoms with Crippen molar-refractivity contribution in [3.63, 3.8) is 0 Å². The van der Waals surface area contributed by atoms with Crippen LogP contribution in [-0.4, -0.2) is 20.5 Å². The maximum Gasteiger partial charge on any atom is 0.193 e. The Bertz CT molecular complexity index is 731. The second-order valence-corrected chi connectivity index (χ2v) is 6.51. The highest BCUT2D eigenvalue weighted by atomic mass is 32.2. The van der Waals surface area contributed by atoms with E-state index >= 15 is 0 Å². The number of sulfone groups is 1. The molecule has 0 aromatic heterocycles. The molecule has 0 radical (unpaired) electrons. The Morgan fingerprint density at radius 2 is 1.53 bits per heavy atom. The topological polar surface area (TPSA) is 51.2 Å². The van der Waals surface area contributed by atoms with Gasteiger partial charge in [0.15, 0.2) is 15.6 Å². The summed E-state index contributed by atoms with van der Waals surface area (Å²) in [6, 6.07) is 13.3.